The molecule has 1 aromatic rings. The first-order chi connectivity index (χ1) is 11.7. The van der Waals surface area contributed by atoms with Crippen LogP contribution in [0.4, 0.5) is 13.2 Å². The molecule has 1 fully saturated rings. The fourth-order valence-electron chi connectivity index (χ4n) is 2.53. The van der Waals surface area contributed by atoms with E-state index in [2.05, 4.69) is 0 Å². The Bertz CT molecular complexity index is 643. The highest BCUT2D eigenvalue weighted by Crippen LogP contribution is 2.37. The third-order valence-electron chi connectivity index (χ3n) is 3.80. The van der Waals surface area contributed by atoms with Crippen molar-refractivity contribution in [2.45, 2.75) is 40.7 Å². The van der Waals surface area contributed by atoms with E-state index in [1.807, 2.05) is 0 Å². The minimum atomic E-state index is -4.40. The number of rotatable bonds is 7. The molecule has 1 heterocycles. The molecule has 25 heavy (non-hydrogen) atoms. The molecule has 1 aliphatic rings. The summed E-state index contributed by atoms with van der Waals surface area (Å²) in [5.41, 5.74) is 1.00. The lowest BCUT2D eigenvalue weighted by atomic mass is 10.1. The SMILES string of the molecule is NCCCOC1CCN(S(=O)(=O)c2ccc(SC(F)(F)F)cc2)CC1. The van der Waals surface area contributed by atoms with Gasteiger partial charge in [-0.2, -0.15) is 17.5 Å². The highest BCUT2D eigenvalue weighted by molar-refractivity contribution is 8.00. The summed E-state index contributed by atoms with van der Waals surface area (Å²) in [6, 6.07) is 4.78. The van der Waals surface area contributed by atoms with E-state index < -0.39 is 15.5 Å². The summed E-state index contributed by atoms with van der Waals surface area (Å²) in [5.74, 6) is 0. The third-order valence-corrected chi connectivity index (χ3v) is 6.45. The molecule has 1 aliphatic heterocycles. The smallest absolute Gasteiger partial charge is 0.378 e. The largest absolute Gasteiger partial charge is 0.446 e. The minimum absolute atomic E-state index is 0.00141. The van der Waals surface area contributed by atoms with Crippen molar-refractivity contribution in [3.05, 3.63) is 24.3 Å². The zero-order valence-corrected chi connectivity index (χ0v) is 15.2. The van der Waals surface area contributed by atoms with Gasteiger partial charge in [0, 0.05) is 24.6 Å². The number of nitrogens with two attached hydrogens (primary N) is 1. The molecule has 1 saturated heterocycles. The van der Waals surface area contributed by atoms with Gasteiger partial charge in [-0.3, -0.25) is 0 Å². The van der Waals surface area contributed by atoms with Crippen LogP contribution in [0.2, 0.25) is 0 Å². The number of piperidine rings is 1. The number of hydrogen-bond donors (Lipinski definition) is 1. The average Bonchev–Trinajstić information content (AvgIpc) is 2.55. The lowest BCUT2D eigenvalue weighted by Crippen LogP contribution is -2.40. The van der Waals surface area contributed by atoms with Gasteiger partial charge in [0.1, 0.15) is 0 Å². The Balaban J connectivity index is 1.95. The molecule has 0 saturated carbocycles. The number of ether oxygens (including phenoxy) is 1. The van der Waals surface area contributed by atoms with Crippen LogP contribution in [0.5, 0.6) is 0 Å². The standard InChI is InChI=1S/C15H21F3N2O3S2/c16-15(17,18)24-13-2-4-14(5-3-13)25(21,22)20-9-6-12(7-10-20)23-11-1-8-19/h2-5,12H,1,6-11,19H2. The van der Waals surface area contributed by atoms with Gasteiger partial charge >= 0.3 is 5.51 Å². The van der Waals surface area contributed by atoms with Crippen molar-refractivity contribution in [3.63, 3.8) is 0 Å². The highest BCUT2D eigenvalue weighted by atomic mass is 32.2. The monoisotopic (exact) mass is 398 g/mol. The fourth-order valence-corrected chi connectivity index (χ4v) is 4.54. The van der Waals surface area contributed by atoms with Crippen molar-refractivity contribution >= 4 is 21.8 Å². The second-order valence-corrected chi connectivity index (χ2v) is 8.71. The first-order valence-electron chi connectivity index (χ1n) is 7.90. The van der Waals surface area contributed by atoms with Crippen LogP contribution in [0.15, 0.2) is 34.1 Å². The van der Waals surface area contributed by atoms with Crippen molar-refractivity contribution < 1.29 is 26.3 Å². The van der Waals surface area contributed by atoms with Crippen LogP contribution in [0, 0.1) is 0 Å². The number of halogens is 3. The van der Waals surface area contributed by atoms with Gasteiger partial charge in [0.15, 0.2) is 0 Å². The zero-order valence-electron chi connectivity index (χ0n) is 13.5. The Labute approximate surface area is 149 Å². The molecular formula is C15H21F3N2O3S2. The van der Waals surface area contributed by atoms with Crippen LogP contribution in [0.25, 0.3) is 0 Å². The first-order valence-corrected chi connectivity index (χ1v) is 10.2. The molecule has 0 spiro atoms. The van der Waals surface area contributed by atoms with Crippen LogP contribution in [-0.2, 0) is 14.8 Å². The van der Waals surface area contributed by atoms with E-state index in [0.29, 0.717) is 39.1 Å². The van der Waals surface area contributed by atoms with Gasteiger partial charge in [0.05, 0.1) is 11.0 Å². The van der Waals surface area contributed by atoms with Gasteiger partial charge < -0.3 is 10.5 Å². The van der Waals surface area contributed by atoms with E-state index >= 15 is 0 Å². The number of thioether (sulfide) groups is 1. The zero-order chi connectivity index (χ0) is 18.5. The van der Waals surface area contributed by atoms with E-state index in [4.69, 9.17) is 10.5 Å². The molecule has 2 N–H and O–H groups in total. The second kappa shape index (κ2) is 8.72. The predicted molar refractivity (Wildman–Crippen MR) is 89.8 cm³/mol. The summed E-state index contributed by atoms with van der Waals surface area (Å²) in [4.78, 5) is -0.0417. The van der Waals surface area contributed by atoms with Crippen molar-refractivity contribution in [1.82, 2.24) is 4.31 Å². The van der Waals surface area contributed by atoms with E-state index in [9.17, 15) is 21.6 Å². The minimum Gasteiger partial charge on any atom is -0.378 e. The number of nitrogens with zero attached hydrogens (tertiary/aromatic N) is 1. The molecule has 0 atom stereocenters. The van der Waals surface area contributed by atoms with Crippen molar-refractivity contribution in [3.8, 4) is 0 Å². The third kappa shape index (κ3) is 6.14. The van der Waals surface area contributed by atoms with Crippen LogP contribution >= 0.6 is 11.8 Å². The Morgan fingerprint density at radius 2 is 1.80 bits per heavy atom. The fraction of sp³-hybridized carbons (Fsp3) is 0.600. The van der Waals surface area contributed by atoms with Gasteiger partial charge in [-0.05, 0) is 61.8 Å². The molecule has 0 bridgehead atoms. The van der Waals surface area contributed by atoms with Crippen LogP contribution < -0.4 is 5.73 Å². The molecule has 0 radical (unpaired) electrons. The Morgan fingerprint density at radius 1 is 1.20 bits per heavy atom. The maximum Gasteiger partial charge on any atom is 0.446 e. The van der Waals surface area contributed by atoms with Crippen LogP contribution in [-0.4, -0.2) is 50.6 Å². The topological polar surface area (TPSA) is 72.6 Å². The molecule has 1 aromatic carbocycles. The van der Waals surface area contributed by atoms with Crippen LogP contribution in [0.3, 0.4) is 0 Å². The highest BCUT2D eigenvalue weighted by Gasteiger charge is 2.31. The van der Waals surface area contributed by atoms with Gasteiger partial charge in [-0.25, -0.2) is 8.42 Å². The molecule has 10 heteroatoms. The Morgan fingerprint density at radius 3 is 2.32 bits per heavy atom. The molecule has 2 rings (SSSR count). The normalized spacial score (nSPS) is 17.8. The van der Waals surface area contributed by atoms with Crippen LogP contribution in [0.1, 0.15) is 19.3 Å². The van der Waals surface area contributed by atoms with E-state index in [1.54, 1.807) is 0 Å². The predicted octanol–water partition coefficient (Wildman–Crippen LogP) is 2.82. The summed E-state index contributed by atoms with van der Waals surface area (Å²) in [5, 5.41) is 0. The van der Waals surface area contributed by atoms with E-state index in [1.165, 1.54) is 28.6 Å². The quantitative estimate of drug-likeness (QED) is 0.565. The molecule has 0 aliphatic carbocycles. The Hall–Kier alpha value is -0.810. The lowest BCUT2D eigenvalue weighted by molar-refractivity contribution is -0.0328. The van der Waals surface area contributed by atoms with Gasteiger partial charge in [-0.1, -0.05) is 0 Å². The summed E-state index contributed by atoms with van der Waals surface area (Å²) < 4.78 is 69.2. The number of hydrogen-bond acceptors (Lipinski definition) is 5. The number of alkyl halides is 3. The Kier molecular flexibility index (Phi) is 7.15. The number of benzene rings is 1. The molecule has 0 aromatic heterocycles. The van der Waals surface area contributed by atoms with Gasteiger partial charge in [-0.15, -0.1) is 0 Å². The van der Waals surface area contributed by atoms with Crippen molar-refractivity contribution in [1.29, 1.82) is 0 Å². The number of sulfonamides is 1. The van der Waals surface area contributed by atoms with Crippen molar-refractivity contribution in [2.75, 3.05) is 26.2 Å². The maximum absolute atomic E-state index is 12.6. The molecular weight excluding hydrogens is 377 g/mol. The summed E-state index contributed by atoms with van der Waals surface area (Å²) in [6.45, 7) is 1.77. The maximum atomic E-state index is 12.6. The average molecular weight is 398 g/mol. The summed E-state index contributed by atoms with van der Waals surface area (Å²) >= 11 is -0.269. The van der Waals surface area contributed by atoms with Gasteiger partial charge in [0.25, 0.3) is 0 Å². The summed E-state index contributed by atoms with van der Waals surface area (Å²) in [6.07, 6.45) is 1.96. The van der Waals surface area contributed by atoms with E-state index in [0.717, 1.165) is 6.42 Å². The lowest BCUT2D eigenvalue weighted by Gasteiger charge is -2.31. The molecule has 5 nitrogen and oxygen atoms in total. The molecule has 142 valence electrons. The molecule has 0 unspecified atom stereocenters. The summed E-state index contributed by atoms with van der Waals surface area (Å²) in [7, 11) is -3.70. The van der Waals surface area contributed by atoms with Crippen molar-refractivity contribution in [2.24, 2.45) is 5.73 Å². The van der Waals surface area contributed by atoms with Gasteiger partial charge in [0.2, 0.25) is 10.0 Å². The first kappa shape index (κ1) is 20.5. The van der Waals surface area contributed by atoms with E-state index in [-0.39, 0.29) is 27.7 Å². The second-order valence-electron chi connectivity index (χ2n) is 5.64. The molecule has 0 amide bonds.